The number of amides is 1. The van der Waals surface area contributed by atoms with E-state index >= 15 is 0 Å². The van der Waals surface area contributed by atoms with E-state index in [2.05, 4.69) is 15.4 Å². The first kappa shape index (κ1) is 19.9. The van der Waals surface area contributed by atoms with Crippen molar-refractivity contribution in [2.24, 2.45) is 5.92 Å². The van der Waals surface area contributed by atoms with E-state index in [0.717, 1.165) is 23.0 Å². The molecule has 0 atom stereocenters. The molecule has 0 spiro atoms. The first-order valence-electron chi connectivity index (χ1n) is 9.48. The molecule has 0 saturated carbocycles. The molecule has 0 aliphatic rings. The lowest BCUT2D eigenvalue weighted by Crippen LogP contribution is -2.27. The van der Waals surface area contributed by atoms with Gasteiger partial charge in [0.15, 0.2) is 11.3 Å². The van der Waals surface area contributed by atoms with Crippen LogP contribution in [0.4, 0.5) is 13.2 Å². The largest absolute Gasteiger partial charge is 0.433 e. The topological polar surface area (TPSA) is 59.3 Å². The number of hydrogen-bond donors (Lipinski definition) is 1. The molecule has 4 aromatic rings. The Hall–Kier alpha value is -3.42. The van der Waals surface area contributed by atoms with Crippen molar-refractivity contribution in [2.75, 3.05) is 6.54 Å². The quantitative estimate of drug-likeness (QED) is 0.516. The normalized spacial score (nSPS) is 12.1. The number of rotatable bonds is 4. The fourth-order valence-corrected chi connectivity index (χ4v) is 3.30. The fourth-order valence-electron chi connectivity index (χ4n) is 3.30. The molecule has 154 valence electrons. The van der Waals surface area contributed by atoms with Gasteiger partial charge in [0.25, 0.3) is 5.91 Å². The van der Waals surface area contributed by atoms with Gasteiger partial charge >= 0.3 is 6.18 Å². The van der Waals surface area contributed by atoms with E-state index in [1.165, 1.54) is 0 Å². The Balaban J connectivity index is 1.95. The summed E-state index contributed by atoms with van der Waals surface area (Å²) in [6.45, 7) is 4.25. The number of benzene rings is 2. The maximum atomic E-state index is 13.8. The summed E-state index contributed by atoms with van der Waals surface area (Å²) in [7, 11) is 0. The van der Waals surface area contributed by atoms with Crippen LogP contribution < -0.4 is 5.32 Å². The summed E-state index contributed by atoms with van der Waals surface area (Å²) >= 11 is 0. The third-order valence-electron chi connectivity index (χ3n) is 4.74. The van der Waals surface area contributed by atoms with Gasteiger partial charge in [-0.1, -0.05) is 56.3 Å². The highest BCUT2D eigenvalue weighted by molar-refractivity contribution is 6.00. The summed E-state index contributed by atoms with van der Waals surface area (Å²) in [5, 5.41) is 8.17. The standard InChI is InChI=1S/C22H19F3N4O/c1-13(2)11-26-21(30)17-12-27-29-19(22(23,24)25)10-18(28-20(17)29)16-9-5-7-14-6-3-4-8-15(14)16/h3-10,12-13H,11H2,1-2H3,(H,26,30). The van der Waals surface area contributed by atoms with Gasteiger partial charge < -0.3 is 5.32 Å². The van der Waals surface area contributed by atoms with Gasteiger partial charge in [-0.25, -0.2) is 9.50 Å². The Bertz CT molecular complexity index is 1240. The molecule has 4 rings (SSSR count). The minimum atomic E-state index is -4.67. The molecule has 0 bridgehead atoms. The van der Waals surface area contributed by atoms with Crippen molar-refractivity contribution >= 4 is 22.3 Å². The molecule has 0 aliphatic heterocycles. The number of hydrogen-bond acceptors (Lipinski definition) is 3. The lowest BCUT2D eigenvalue weighted by molar-refractivity contribution is -0.142. The molecule has 0 aliphatic carbocycles. The van der Waals surface area contributed by atoms with Gasteiger partial charge in [0.2, 0.25) is 0 Å². The van der Waals surface area contributed by atoms with Gasteiger partial charge in [0.1, 0.15) is 5.56 Å². The van der Waals surface area contributed by atoms with E-state index in [1.54, 1.807) is 12.1 Å². The van der Waals surface area contributed by atoms with Crippen LogP contribution in [0.3, 0.4) is 0 Å². The van der Waals surface area contributed by atoms with Gasteiger partial charge in [-0.2, -0.15) is 18.3 Å². The summed E-state index contributed by atoms with van der Waals surface area (Å²) in [4.78, 5) is 17.0. The maximum absolute atomic E-state index is 13.8. The van der Waals surface area contributed by atoms with E-state index in [1.807, 2.05) is 44.2 Å². The van der Waals surface area contributed by atoms with E-state index < -0.39 is 17.8 Å². The van der Waals surface area contributed by atoms with Crippen LogP contribution in [-0.4, -0.2) is 27.0 Å². The number of nitrogens with zero attached hydrogens (tertiary/aromatic N) is 3. The van der Waals surface area contributed by atoms with Crippen LogP contribution in [-0.2, 0) is 6.18 Å². The monoisotopic (exact) mass is 412 g/mol. The number of nitrogens with one attached hydrogen (secondary N) is 1. The Morgan fingerprint density at radius 2 is 1.87 bits per heavy atom. The van der Waals surface area contributed by atoms with Crippen LogP contribution in [0.25, 0.3) is 27.7 Å². The van der Waals surface area contributed by atoms with Crippen LogP contribution in [0.2, 0.25) is 0 Å². The Kier molecular flexibility index (Phi) is 4.93. The number of aromatic nitrogens is 3. The van der Waals surface area contributed by atoms with E-state index in [-0.39, 0.29) is 22.8 Å². The van der Waals surface area contributed by atoms with Crippen molar-refractivity contribution in [1.82, 2.24) is 19.9 Å². The van der Waals surface area contributed by atoms with Crippen molar-refractivity contribution in [3.05, 3.63) is 66.0 Å². The predicted octanol–water partition coefficient (Wildman–Crippen LogP) is 4.95. The van der Waals surface area contributed by atoms with E-state index in [0.29, 0.717) is 16.6 Å². The summed E-state index contributed by atoms with van der Waals surface area (Å²) < 4.78 is 42.1. The maximum Gasteiger partial charge on any atom is 0.433 e. The summed E-state index contributed by atoms with van der Waals surface area (Å²) in [5.74, 6) is -0.310. The third-order valence-corrected chi connectivity index (χ3v) is 4.74. The lowest BCUT2D eigenvalue weighted by atomic mass is 10.0. The molecular weight excluding hydrogens is 393 g/mol. The summed E-state index contributed by atoms with van der Waals surface area (Å²) in [6.07, 6.45) is -3.54. The first-order valence-corrected chi connectivity index (χ1v) is 9.48. The van der Waals surface area contributed by atoms with E-state index in [9.17, 15) is 18.0 Å². The highest BCUT2D eigenvalue weighted by Crippen LogP contribution is 2.34. The van der Waals surface area contributed by atoms with Crippen molar-refractivity contribution < 1.29 is 18.0 Å². The molecule has 2 heterocycles. The molecule has 8 heteroatoms. The molecule has 2 aromatic carbocycles. The predicted molar refractivity (Wildman–Crippen MR) is 108 cm³/mol. The molecule has 5 nitrogen and oxygen atoms in total. The smallest absolute Gasteiger partial charge is 0.352 e. The van der Waals surface area contributed by atoms with Gasteiger partial charge in [0.05, 0.1) is 11.9 Å². The Labute approximate surface area is 170 Å². The lowest BCUT2D eigenvalue weighted by Gasteiger charge is -2.13. The SMILES string of the molecule is CC(C)CNC(=O)c1cnn2c(C(F)(F)F)cc(-c3cccc4ccccc34)nc12. The molecule has 1 N–H and O–H groups in total. The van der Waals surface area contributed by atoms with E-state index in [4.69, 9.17) is 0 Å². The molecular formula is C22H19F3N4O. The van der Waals surface area contributed by atoms with Crippen LogP contribution in [0.1, 0.15) is 29.9 Å². The number of carbonyl (C=O) groups is 1. The van der Waals surface area contributed by atoms with Gasteiger partial charge in [0, 0.05) is 12.1 Å². The Morgan fingerprint density at radius 1 is 1.13 bits per heavy atom. The van der Waals surface area contributed by atoms with Crippen LogP contribution in [0.5, 0.6) is 0 Å². The fraction of sp³-hybridized carbons (Fsp3) is 0.227. The highest BCUT2D eigenvalue weighted by Gasteiger charge is 2.36. The first-order chi connectivity index (χ1) is 14.3. The summed E-state index contributed by atoms with van der Waals surface area (Å²) in [6, 6.07) is 13.7. The van der Waals surface area contributed by atoms with Crippen molar-refractivity contribution in [1.29, 1.82) is 0 Å². The molecule has 30 heavy (non-hydrogen) atoms. The number of fused-ring (bicyclic) bond motifs is 2. The number of carbonyl (C=O) groups excluding carboxylic acids is 1. The van der Waals surface area contributed by atoms with Gasteiger partial charge in [-0.3, -0.25) is 4.79 Å². The molecule has 0 saturated heterocycles. The average Bonchev–Trinajstić information content (AvgIpc) is 3.14. The van der Waals surface area contributed by atoms with Gasteiger partial charge in [-0.05, 0) is 22.8 Å². The second-order valence-corrected chi connectivity index (χ2v) is 7.45. The average molecular weight is 412 g/mol. The molecule has 0 unspecified atom stereocenters. The minimum Gasteiger partial charge on any atom is -0.352 e. The van der Waals surface area contributed by atoms with Crippen molar-refractivity contribution in [3.8, 4) is 11.3 Å². The number of halogens is 3. The molecule has 0 radical (unpaired) electrons. The van der Waals surface area contributed by atoms with Crippen LogP contribution in [0.15, 0.2) is 54.7 Å². The highest BCUT2D eigenvalue weighted by atomic mass is 19.4. The zero-order valence-corrected chi connectivity index (χ0v) is 16.4. The molecule has 0 fully saturated rings. The Morgan fingerprint density at radius 3 is 2.60 bits per heavy atom. The number of alkyl halides is 3. The second kappa shape index (κ2) is 7.44. The van der Waals surface area contributed by atoms with Crippen molar-refractivity contribution in [3.63, 3.8) is 0 Å². The second-order valence-electron chi connectivity index (χ2n) is 7.45. The van der Waals surface area contributed by atoms with Crippen LogP contribution in [0, 0.1) is 5.92 Å². The zero-order valence-electron chi connectivity index (χ0n) is 16.4. The summed E-state index contributed by atoms with van der Waals surface area (Å²) in [5.41, 5.74) is -0.434. The van der Waals surface area contributed by atoms with Crippen LogP contribution >= 0.6 is 0 Å². The van der Waals surface area contributed by atoms with Crippen molar-refractivity contribution in [2.45, 2.75) is 20.0 Å². The van der Waals surface area contributed by atoms with Gasteiger partial charge in [-0.15, -0.1) is 0 Å². The third kappa shape index (κ3) is 3.60. The minimum absolute atomic E-state index is 0.00300. The zero-order chi connectivity index (χ0) is 21.5. The molecule has 1 amide bonds. The molecule has 2 aromatic heterocycles.